The fourth-order valence-corrected chi connectivity index (χ4v) is 1.66. The molecule has 1 aromatic carbocycles. The van der Waals surface area contributed by atoms with Crippen LogP contribution in [0.4, 0.5) is 5.69 Å². The summed E-state index contributed by atoms with van der Waals surface area (Å²) in [6.07, 6.45) is 0.978. The molecule has 22 heavy (non-hydrogen) atoms. The van der Waals surface area contributed by atoms with Crippen LogP contribution in [-0.4, -0.2) is 40.1 Å². The van der Waals surface area contributed by atoms with E-state index in [0.717, 1.165) is 0 Å². The van der Waals surface area contributed by atoms with Crippen molar-refractivity contribution in [2.45, 2.75) is 12.5 Å². The van der Waals surface area contributed by atoms with Gasteiger partial charge in [-0.15, -0.1) is 0 Å². The monoisotopic (exact) mass is 305 g/mol. The lowest BCUT2D eigenvalue weighted by molar-refractivity contribution is -0.384. The second-order valence-electron chi connectivity index (χ2n) is 4.30. The normalized spacial score (nSPS) is 17.2. The number of benzene rings is 1. The Labute approximate surface area is 123 Å². The molecule has 0 fully saturated rings. The summed E-state index contributed by atoms with van der Waals surface area (Å²) in [5.74, 6) is -1.59. The van der Waals surface area contributed by atoms with Crippen molar-refractivity contribution in [3.63, 3.8) is 0 Å². The smallest absolute Gasteiger partial charge is 0.306 e. The van der Waals surface area contributed by atoms with Gasteiger partial charge in [-0.1, -0.05) is 0 Å². The Morgan fingerprint density at radius 1 is 1.50 bits per heavy atom. The maximum absolute atomic E-state index is 11.4. The van der Waals surface area contributed by atoms with E-state index in [1.807, 2.05) is 0 Å². The lowest BCUT2D eigenvalue weighted by atomic mass is 10.2. The van der Waals surface area contributed by atoms with Crippen molar-refractivity contribution in [2.75, 3.05) is 0 Å². The second kappa shape index (κ2) is 6.43. The molecular weight excluding hydrogens is 294 g/mol. The first-order valence-electron chi connectivity index (χ1n) is 6.09. The number of aliphatic carboxylic acids is 1. The van der Waals surface area contributed by atoms with E-state index in [0.29, 0.717) is 5.56 Å². The molecule has 0 spiro atoms. The largest absolute Gasteiger partial charge is 0.481 e. The zero-order valence-electron chi connectivity index (χ0n) is 11.1. The summed E-state index contributed by atoms with van der Waals surface area (Å²) in [6.45, 7) is 0. The summed E-state index contributed by atoms with van der Waals surface area (Å²) < 4.78 is 0. The molecule has 1 heterocycles. The number of nitrogens with zero attached hydrogens (tertiary/aromatic N) is 3. The molecule has 1 unspecified atom stereocenters. The van der Waals surface area contributed by atoms with Crippen LogP contribution in [0.15, 0.2) is 34.4 Å². The highest BCUT2D eigenvalue weighted by Gasteiger charge is 2.28. The Balaban J connectivity index is 1.93. The van der Waals surface area contributed by atoms with Crippen molar-refractivity contribution in [1.82, 2.24) is 10.7 Å². The number of nitrogens with one attached hydrogen (secondary N) is 2. The number of nitro groups is 1. The van der Waals surface area contributed by atoms with Crippen LogP contribution in [0.2, 0.25) is 0 Å². The number of non-ortho nitro benzene ring substituents is 1. The van der Waals surface area contributed by atoms with Gasteiger partial charge in [0.05, 0.1) is 17.6 Å². The highest BCUT2D eigenvalue weighted by atomic mass is 16.6. The third-order valence-electron chi connectivity index (χ3n) is 2.69. The lowest BCUT2D eigenvalue weighted by Crippen LogP contribution is -2.35. The molecule has 3 N–H and O–H groups in total. The quantitative estimate of drug-likeness (QED) is 0.391. The molecule has 0 aromatic heterocycles. The molecule has 2 rings (SSSR count). The number of amides is 1. The fraction of sp³-hybridized carbons (Fsp3) is 0.167. The van der Waals surface area contributed by atoms with Gasteiger partial charge in [-0.05, 0) is 17.7 Å². The molecule has 1 aliphatic rings. The topological polar surface area (TPSA) is 146 Å². The number of rotatable bonds is 5. The highest BCUT2D eigenvalue weighted by molar-refractivity contribution is 6.06. The number of carbonyl (C=O) groups is 2. The zero-order valence-corrected chi connectivity index (χ0v) is 11.1. The van der Waals surface area contributed by atoms with Crippen molar-refractivity contribution in [3.8, 4) is 0 Å². The van der Waals surface area contributed by atoms with Gasteiger partial charge in [0.1, 0.15) is 6.04 Å². The van der Waals surface area contributed by atoms with Gasteiger partial charge >= 0.3 is 5.97 Å². The molecule has 0 aliphatic carbocycles. The number of carboxylic acids is 1. The molecule has 1 atom stereocenters. The summed E-state index contributed by atoms with van der Waals surface area (Å²) in [5.41, 5.74) is 3.03. The van der Waals surface area contributed by atoms with E-state index in [9.17, 15) is 19.7 Å². The Morgan fingerprint density at radius 2 is 2.18 bits per heavy atom. The fourth-order valence-electron chi connectivity index (χ4n) is 1.66. The highest BCUT2D eigenvalue weighted by Crippen LogP contribution is 2.10. The Bertz CT molecular complexity index is 667. The SMILES string of the molecule is O=C(O)CC1N=C(NN=Cc2ccc([N+](=O)[O-])cc2)NC1=O. The van der Waals surface area contributed by atoms with Gasteiger partial charge in [-0.3, -0.25) is 25.0 Å². The van der Waals surface area contributed by atoms with Crippen LogP contribution >= 0.6 is 0 Å². The maximum Gasteiger partial charge on any atom is 0.306 e. The number of carboxylic acid groups (broad SMARTS) is 1. The van der Waals surface area contributed by atoms with Gasteiger partial charge in [-0.2, -0.15) is 5.10 Å². The predicted molar refractivity (Wildman–Crippen MR) is 75.4 cm³/mol. The first-order valence-corrected chi connectivity index (χ1v) is 6.09. The molecule has 0 bridgehead atoms. The van der Waals surface area contributed by atoms with Crippen LogP contribution in [0, 0.1) is 10.1 Å². The van der Waals surface area contributed by atoms with Crippen LogP contribution in [-0.2, 0) is 9.59 Å². The molecule has 10 nitrogen and oxygen atoms in total. The van der Waals surface area contributed by atoms with Crippen molar-refractivity contribution >= 4 is 29.7 Å². The minimum Gasteiger partial charge on any atom is -0.481 e. The molecule has 1 aliphatic heterocycles. The Hall–Kier alpha value is -3.30. The number of nitro benzene ring substituents is 1. The maximum atomic E-state index is 11.4. The third kappa shape index (κ3) is 3.85. The molecule has 1 amide bonds. The van der Waals surface area contributed by atoms with Gasteiger partial charge in [0.15, 0.2) is 0 Å². The summed E-state index contributed by atoms with van der Waals surface area (Å²) in [5, 5.41) is 25.3. The van der Waals surface area contributed by atoms with E-state index in [2.05, 4.69) is 20.8 Å². The minimum absolute atomic E-state index is 0.0333. The Kier molecular flexibility index (Phi) is 4.41. The average Bonchev–Trinajstić information content (AvgIpc) is 2.79. The molecule has 0 saturated carbocycles. The summed E-state index contributed by atoms with van der Waals surface area (Å²) in [4.78, 5) is 35.8. The van der Waals surface area contributed by atoms with Crippen molar-refractivity contribution in [2.24, 2.45) is 10.1 Å². The molecule has 114 valence electrons. The van der Waals surface area contributed by atoms with Crippen molar-refractivity contribution < 1.29 is 19.6 Å². The van der Waals surface area contributed by atoms with Crippen LogP contribution in [0.3, 0.4) is 0 Å². The van der Waals surface area contributed by atoms with Crippen LogP contribution in [0.5, 0.6) is 0 Å². The molecule has 0 radical (unpaired) electrons. The first-order chi connectivity index (χ1) is 10.5. The van der Waals surface area contributed by atoms with Crippen molar-refractivity contribution in [1.29, 1.82) is 0 Å². The third-order valence-corrected chi connectivity index (χ3v) is 2.69. The number of hydrogen-bond acceptors (Lipinski definition) is 7. The lowest BCUT2D eigenvalue weighted by Gasteiger charge is -1.98. The average molecular weight is 305 g/mol. The van der Waals surface area contributed by atoms with E-state index in [1.165, 1.54) is 30.5 Å². The van der Waals surface area contributed by atoms with Crippen LogP contribution in [0.25, 0.3) is 0 Å². The zero-order chi connectivity index (χ0) is 16.1. The number of hydrazone groups is 1. The van der Waals surface area contributed by atoms with E-state index in [1.54, 1.807) is 0 Å². The first kappa shape index (κ1) is 15.1. The minimum atomic E-state index is -1.13. The van der Waals surface area contributed by atoms with E-state index in [-0.39, 0.29) is 11.6 Å². The standard InChI is InChI=1S/C12H11N5O5/c18-10(19)5-9-11(20)15-12(14-9)16-13-6-7-1-3-8(4-2-7)17(21)22/h1-4,6,9H,5H2,(H,18,19)(H2,14,15,16,20). The predicted octanol–water partition coefficient (Wildman–Crippen LogP) is -0.153. The molecule has 0 saturated heterocycles. The summed E-state index contributed by atoms with van der Waals surface area (Å²) in [7, 11) is 0. The molecule has 10 heteroatoms. The van der Waals surface area contributed by atoms with E-state index >= 15 is 0 Å². The van der Waals surface area contributed by atoms with E-state index in [4.69, 9.17) is 5.11 Å². The Morgan fingerprint density at radius 3 is 2.77 bits per heavy atom. The van der Waals surface area contributed by atoms with Gasteiger partial charge in [0.2, 0.25) is 5.96 Å². The van der Waals surface area contributed by atoms with Gasteiger partial charge in [0.25, 0.3) is 11.6 Å². The number of carbonyl (C=O) groups excluding carboxylic acids is 1. The van der Waals surface area contributed by atoms with Crippen LogP contribution < -0.4 is 10.7 Å². The summed E-state index contributed by atoms with van der Waals surface area (Å²) >= 11 is 0. The number of aliphatic imine (C=N–C) groups is 1. The van der Waals surface area contributed by atoms with Gasteiger partial charge in [0, 0.05) is 12.1 Å². The van der Waals surface area contributed by atoms with E-state index < -0.39 is 29.3 Å². The molecular formula is C12H11N5O5. The summed E-state index contributed by atoms with van der Waals surface area (Å²) in [6, 6.07) is 4.70. The van der Waals surface area contributed by atoms with Gasteiger partial charge in [-0.25, -0.2) is 10.4 Å². The molecule has 1 aromatic rings. The van der Waals surface area contributed by atoms with Crippen molar-refractivity contribution in [3.05, 3.63) is 39.9 Å². The number of hydrogen-bond donors (Lipinski definition) is 3. The van der Waals surface area contributed by atoms with Gasteiger partial charge < -0.3 is 5.11 Å². The number of guanidine groups is 1. The second-order valence-corrected chi connectivity index (χ2v) is 4.30. The van der Waals surface area contributed by atoms with Crippen LogP contribution in [0.1, 0.15) is 12.0 Å².